The molecule has 2 aliphatic rings. The van der Waals surface area contributed by atoms with E-state index in [1.54, 1.807) is 8.61 Å². The summed E-state index contributed by atoms with van der Waals surface area (Å²) in [5.74, 6) is 0. The molecule has 2 heterocycles. The first-order valence-electron chi connectivity index (χ1n) is 7.03. The SMILES string of the molecule is C[C@@H]1CCC[C@H](C)N1S(=O)(=O)N1CCCNCC1. The van der Waals surface area contributed by atoms with Crippen LogP contribution in [0.15, 0.2) is 0 Å². The topological polar surface area (TPSA) is 52.7 Å². The van der Waals surface area contributed by atoms with Crippen LogP contribution in [0.1, 0.15) is 39.5 Å². The lowest BCUT2D eigenvalue weighted by Crippen LogP contribution is -2.53. The van der Waals surface area contributed by atoms with Crippen LogP contribution in [0.2, 0.25) is 0 Å². The smallest absolute Gasteiger partial charge is 0.282 e. The van der Waals surface area contributed by atoms with Gasteiger partial charge in [-0.3, -0.25) is 0 Å². The predicted molar refractivity (Wildman–Crippen MR) is 72.6 cm³/mol. The Kier molecular flexibility index (Phi) is 4.64. The highest BCUT2D eigenvalue weighted by Gasteiger charge is 2.38. The second-order valence-electron chi connectivity index (χ2n) is 5.47. The van der Waals surface area contributed by atoms with E-state index in [9.17, 15) is 8.42 Å². The van der Waals surface area contributed by atoms with E-state index in [0.717, 1.165) is 38.8 Å². The lowest BCUT2D eigenvalue weighted by atomic mass is 10.0. The fourth-order valence-corrected chi connectivity index (χ4v) is 5.11. The molecule has 2 saturated heterocycles. The predicted octanol–water partition coefficient (Wildman–Crippen LogP) is 0.789. The molecule has 0 aliphatic carbocycles. The maximum Gasteiger partial charge on any atom is 0.282 e. The molecule has 0 bridgehead atoms. The van der Waals surface area contributed by atoms with Gasteiger partial charge in [0.15, 0.2) is 0 Å². The van der Waals surface area contributed by atoms with Gasteiger partial charge in [0, 0.05) is 31.7 Å². The van der Waals surface area contributed by atoms with Crippen LogP contribution >= 0.6 is 0 Å². The highest BCUT2D eigenvalue weighted by Crippen LogP contribution is 2.27. The van der Waals surface area contributed by atoms with Gasteiger partial charge in [0.25, 0.3) is 10.2 Å². The van der Waals surface area contributed by atoms with Crippen LogP contribution in [0.25, 0.3) is 0 Å². The van der Waals surface area contributed by atoms with Gasteiger partial charge in [0.1, 0.15) is 0 Å². The molecule has 18 heavy (non-hydrogen) atoms. The maximum atomic E-state index is 12.7. The van der Waals surface area contributed by atoms with Gasteiger partial charge >= 0.3 is 0 Å². The van der Waals surface area contributed by atoms with Gasteiger partial charge in [-0.15, -0.1) is 0 Å². The monoisotopic (exact) mass is 275 g/mol. The zero-order valence-electron chi connectivity index (χ0n) is 11.4. The van der Waals surface area contributed by atoms with Gasteiger partial charge in [-0.05, 0) is 39.7 Å². The Hall–Kier alpha value is -0.170. The molecule has 2 aliphatic heterocycles. The number of piperidine rings is 1. The molecule has 6 heteroatoms. The van der Waals surface area contributed by atoms with Crippen LogP contribution in [-0.4, -0.2) is 55.3 Å². The number of hydrogen-bond acceptors (Lipinski definition) is 3. The quantitative estimate of drug-likeness (QED) is 0.810. The largest absolute Gasteiger partial charge is 0.315 e. The molecule has 2 fully saturated rings. The summed E-state index contributed by atoms with van der Waals surface area (Å²) in [7, 11) is -3.28. The minimum atomic E-state index is -3.28. The first kappa shape index (κ1) is 14.2. The van der Waals surface area contributed by atoms with Crippen LogP contribution in [0.5, 0.6) is 0 Å². The minimum absolute atomic E-state index is 0.134. The van der Waals surface area contributed by atoms with Crippen molar-refractivity contribution in [1.29, 1.82) is 0 Å². The van der Waals surface area contributed by atoms with Gasteiger partial charge in [-0.25, -0.2) is 0 Å². The first-order chi connectivity index (χ1) is 8.53. The van der Waals surface area contributed by atoms with E-state index < -0.39 is 10.2 Å². The van der Waals surface area contributed by atoms with Crippen molar-refractivity contribution in [3.63, 3.8) is 0 Å². The summed E-state index contributed by atoms with van der Waals surface area (Å²) < 4.78 is 28.9. The Morgan fingerprint density at radius 2 is 1.67 bits per heavy atom. The number of rotatable bonds is 2. The summed E-state index contributed by atoms with van der Waals surface area (Å²) in [4.78, 5) is 0. The normalized spacial score (nSPS) is 33.2. The third kappa shape index (κ3) is 2.87. The molecule has 0 aromatic carbocycles. The second-order valence-corrected chi connectivity index (χ2v) is 7.30. The van der Waals surface area contributed by atoms with E-state index in [-0.39, 0.29) is 12.1 Å². The molecule has 0 aromatic heterocycles. The van der Waals surface area contributed by atoms with Crippen LogP contribution in [0.3, 0.4) is 0 Å². The summed E-state index contributed by atoms with van der Waals surface area (Å²) in [5.41, 5.74) is 0. The highest BCUT2D eigenvalue weighted by atomic mass is 32.2. The summed E-state index contributed by atoms with van der Waals surface area (Å²) in [6.45, 7) is 6.98. The highest BCUT2D eigenvalue weighted by molar-refractivity contribution is 7.86. The molecule has 0 aromatic rings. The number of nitrogens with zero attached hydrogens (tertiary/aromatic N) is 2. The summed E-state index contributed by atoms with van der Waals surface area (Å²) in [6, 6.07) is 0.268. The van der Waals surface area contributed by atoms with Crippen LogP contribution in [0.4, 0.5) is 0 Å². The van der Waals surface area contributed by atoms with Crippen molar-refractivity contribution in [2.45, 2.75) is 51.6 Å². The minimum Gasteiger partial charge on any atom is -0.315 e. The Bertz CT molecular complexity index is 354. The summed E-state index contributed by atoms with van der Waals surface area (Å²) in [6.07, 6.45) is 4.00. The average molecular weight is 275 g/mol. The van der Waals surface area contributed by atoms with Gasteiger partial charge < -0.3 is 5.32 Å². The van der Waals surface area contributed by atoms with Crippen molar-refractivity contribution in [1.82, 2.24) is 13.9 Å². The maximum absolute atomic E-state index is 12.7. The fourth-order valence-electron chi connectivity index (χ4n) is 3.04. The van der Waals surface area contributed by atoms with Gasteiger partial charge in [-0.2, -0.15) is 17.0 Å². The molecular weight excluding hydrogens is 250 g/mol. The Morgan fingerprint density at radius 1 is 1.00 bits per heavy atom. The van der Waals surface area contributed by atoms with Crippen molar-refractivity contribution < 1.29 is 8.42 Å². The molecule has 0 unspecified atom stereocenters. The average Bonchev–Trinajstić information content (AvgIpc) is 2.57. The Balaban J connectivity index is 2.17. The van der Waals surface area contributed by atoms with E-state index in [1.165, 1.54) is 0 Å². The van der Waals surface area contributed by atoms with Gasteiger partial charge in [0.2, 0.25) is 0 Å². The lowest BCUT2D eigenvalue weighted by molar-refractivity contribution is 0.189. The van der Waals surface area contributed by atoms with E-state index >= 15 is 0 Å². The van der Waals surface area contributed by atoms with Gasteiger partial charge in [-0.1, -0.05) is 6.42 Å². The molecule has 5 nitrogen and oxygen atoms in total. The molecule has 1 N–H and O–H groups in total. The molecule has 106 valence electrons. The van der Waals surface area contributed by atoms with E-state index in [1.807, 2.05) is 13.8 Å². The van der Waals surface area contributed by atoms with Crippen molar-refractivity contribution in [2.75, 3.05) is 26.2 Å². The van der Waals surface area contributed by atoms with Crippen molar-refractivity contribution in [3.8, 4) is 0 Å². The lowest BCUT2D eigenvalue weighted by Gasteiger charge is -2.40. The molecular formula is C12H25N3O2S. The summed E-state index contributed by atoms with van der Waals surface area (Å²) in [5, 5.41) is 3.25. The second kappa shape index (κ2) is 5.86. The van der Waals surface area contributed by atoms with Gasteiger partial charge in [0.05, 0.1) is 0 Å². The zero-order chi connectivity index (χ0) is 13.2. The molecule has 0 radical (unpaired) electrons. The fraction of sp³-hybridized carbons (Fsp3) is 1.00. The van der Waals surface area contributed by atoms with Crippen LogP contribution in [-0.2, 0) is 10.2 Å². The van der Waals surface area contributed by atoms with E-state index in [2.05, 4.69) is 5.32 Å². The Morgan fingerprint density at radius 3 is 2.33 bits per heavy atom. The van der Waals surface area contributed by atoms with E-state index in [4.69, 9.17) is 0 Å². The number of hydrogen-bond donors (Lipinski definition) is 1. The van der Waals surface area contributed by atoms with E-state index in [0.29, 0.717) is 13.1 Å². The molecule has 0 saturated carbocycles. The van der Waals surface area contributed by atoms with Crippen molar-refractivity contribution in [3.05, 3.63) is 0 Å². The third-order valence-electron chi connectivity index (χ3n) is 4.00. The number of nitrogens with one attached hydrogen (secondary N) is 1. The molecule has 2 atom stereocenters. The molecule has 0 spiro atoms. The van der Waals surface area contributed by atoms with Crippen LogP contribution < -0.4 is 5.32 Å². The Labute approximate surface area is 111 Å². The molecule has 0 amide bonds. The third-order valence-corrected chi connectivity index (χ3v) is 6.27. The van der Waals surface area contributed by atoms with Crippen LogP contribution in [0, 0.1) is 0 Å². The zero-order valence-corrected chi connectivity index (χ0v) is 12.2. The van der Waals surface area contributed by atoms with Crippen molar-refractivity contribution in [2.24, 2.45) is 0 Å². The summed E-state index contributed by atoms with van der Waals surface area (Å²) >= 11 is 0. The molecule has 2 rings (SSSR count). The van der Waals surface area contributed by atoms with Crippen molar-refractivity contribution >= 4 is 10.2 Å². The standard InChI is InChI=1S/C12H25N3O2S/c1-11-5-3-6-12(2)15(11)18(16,17)14-9-4-7-13-8-10-14/h11-13H,3-10H2,1-2H3/t11-,12+. The first-order valence-corrected chi connectivity index (χ1v) is 8.42.